The van der Waals surface area contributed by atoms with E-state index in [2.05, 4.69) is 20.5 Å². The summed E-state index contributed by atoms with van der Waals surface area (Å²) in [4.78, 5) is 16.9. The number of halogens is 1. The molecule has 0 saturated carbocycles. The number of nitrogens with one attached hydrogen (secondary N) is 2. The molecule has 0 atom stereocenters. The monoisotopic (exact) mass is 355 g/mol. The molecule has 25 heavy (non-hydrogen) atoms. The predicted octanol–water partition coefficient (Wildman–Crippen LogP) is 3.44. The summed E-state index contributed by atoms with van der Waals surface area (Å²) in [5.74, 6) is 0.478. The molecule has 3 aromatic rings. The lowest BCUT2D eigenvalue weighted by Crippen LogP contribution is -2.21. The van der Waals surface area contributed by atoms with Gasteiger partial charge < -0.3 is 9.88 Å². The van der Waals surface area contributed by atoms with E-state index >= 15 is 0 Å². The molecule has 1 aliphatic carbocycles. The number of carbonyl (C=O) groups excluding carboxylic acids is 1. The van der Waals surface area contributed by atoms with Crippen molar-refractivity contribution in [3.8, 4) is 11.1 Å². The molecule has 0 aliphatic heterocycles. The zero-order chi connectivity index (χ0) is 17.2. The smallest absolute Gasteiger partial charge is 0.245 e. The molecule has 1 amide bonds. The Kier molecular flexibility index (Phi) is 4.28. The van der Waals surface area contributed by atoms with E-state index in [0.717, 1.165) is 36.1 Å². The van der Waals surface area contributed by atoms with Gasteiger partial charge in [-0.3, -0.25) is 9.89 Å². The minimum Gasteiger partial charge on any atom is -0.325 e. The van der Waals surface area contributed by atoms with Crippen LogP contribution >= 0.6 is 11.6 Å². The highest BCUT2D eigenvalue weighted by molar-refractivity contribution is 6.30. The maximum absolute atomic E-state index is 12.5. The molecule has 0 unspecified atom stereocenters. The topological polar surface area (TPSA) is 75.6 Å². The van der Waals surface area contributed by atoms with E-state index in [1.54, 1.807) is 12.5 Å². The van der Waals surface area contributed by atoms with E-state index < -0.39 is 0 Å². The molecule has 128 valence electrons. The van der Waals surface area contributed by atoms with Crippen molar-refractivity contribution >= 4 is 23.3 Å². The van der Waals surface area contributed by atoms with Crippen LogP contribution in [0.1, 0.15) is 24.2 Å². The number of aromatic amines is 1. The molecule has 0 spiro atoms. The number of anilines is 1. The average molecular weight is 356 g/mol. The number of hydrogen-bond acceptors (Lipinski definition) is 3. The fraction of sp³-hybridized carbons (Fsp3) is 0.278. The van der Waals surface area contributed by atoms with Gasteiger partial charge in [0.05, 0.1) is 18.2 Å². The Bertz CT molecular complexity index is 897. The number of H-pyrrole nitrogens is 1. The maximum Gasteiger partial charge on any atom is 0.245 e. The second-order valence-electron chi connectivity index (χ2n) is 6.19. The molecule has 0 saturated heterocycles. The molecule has 1 aliphatic rings. The van der Waals surface area contributed by atoms with E-state index in [-0.39, 0.29) is 12.5 Å². The zero-order valence-electron chi connectivity index (χ0n) is 13.6. The van der Waals surface area contributed by atoms with Crippen LogP contribution in [0.25, 0.3) is 11.1 Å². The van der Waals surface area contributed by atoms with Crippen molar-refractivity contribution in [1.29, 1.82) is 0 Å². The Labute approximate surface area is 150 Å². The van der Waals surface area contributed by atoms with Gasteiger partial charge in [0, 0.05) is 16.3 Å². The summed E-state index contributed by atoms with van der Waals surface area (Å²) in [7, 11) is 0. The normalized spacial score (nSPS) is 13.5. The summed E-state index contributed by atoms with van der Waals surface area (Å²) in [6, 6.07) is 7.42. The van der Waals surface area contributed by atoms with Crippen LogP contribution in [0, 0.1) is 0 Å². The van der Waals surface area contributed by atoms with Crippen molar-refractivity contribution in [3.05, 3.63) is 53.2 Å². The molecule has 0 fully saturated rings. The van der Waals surface area contributed by atoms with Crippen LogP contribution in [0.2, 0.25) is 5.02 Å². The number of benzene rings is 1. The van der Waals surface area contributed by atoms with Crippen LogP contribution in [0.5, 0.6) is 0 Å². The average Bonchev–Trinajstić information content (AvgIpc) is 3.23. The lowest BCUT2D eigenvalue weighted by atomic mass is 10.0. The van der Waals surface area contributed by atoms with Crippen molar-refractivity contribution < 1.29 is 4.79 Å². The van der Waals surface area contributed by atoms with Gasteiger partial charge in [0.15, 0.2) is 0 Å². The van der Waals surface area contributed by atoms with Gasteiger partial charge in [-0.05, 0) is 43.4 Å². The van der Waals surface area contributed by atoms with Crippen LogP contribution in [0.15, 0.2) is 36.8 Å². The first-order chi connectivity index (χ1) is 12.2. The molecule has 1 aromatic carbocycles. The number of rotatable bonds is 4. The summed E-state index contributed by atoms with van der Waals surface area (Å²) in [5, 5.41) is 10.5. The van der Waals surface area contributed by atoms with Gasteiger partial charge in [-0.15, -0.1) is 0 Å². The summed E-state index contributed by atoms with van der Waals surface area (Å²) >= 11 is 5.93. The number of fused-ring (bicyclic) bond motifs is 1. The van der Waals surface area contributed by atoms with Gasteiger partial charge in [0.1, 0.15) is 12.4 Å². The van der Waals surface area contributed by atoms with E-state index in [1.165, 1.54) is 12.1 Å². The Hall–Kier alpha value is -2.60. The Morgan fingerprint density at radius 1 is 1.24 bits per heavy atom. The summed E-state index contributed by atoms with van der Waals surface area (Å²) in [5.41, 5.74) is 4.08. The number of amides is 1. The molecule has 2 N–H and O–H groups in total. The first-order valence-electron chi connectivity index (χ1n) is 8.33. The molecule has 4 rings (SSSR count). The highest BCUT2D eigenvalue weighted by Crippen LogP contribution is 2.27. The zero-order valence-corrected chi connectivity index (χ0v) is 14.4. The minimum atomic E-state index is -0.106. The first kappa shape index (κ1) is 15.9. The van der Waals surface area contributed by atoms with Crippen LogP contribution in [0.4, 0.5) is 5.82 Å². The third kappa shape index (κ3) is 3.30. The lowest BCUT2D eigenvalue weighted by molar-refractivity contribution is -0.116. The van der Waals surface area contributed by atoms with E-state index in [9.17, 15) is 4.79 Å². The number of aromatic nitrogens is 4. The van der Waals surface area contributed by atoms with Gasteiger partial charge in [-0.25, -0.2) is 4.98 Å². The molecule has 0 radical (unpaired) electrons. The Balaban J connectivity index is 1.49. The van der Waals surface area contributed by atoms with Gasteiger partial charge >= 0.3 is 0 Å². The Morgan fingerprint density at radius 2 is 2.04 bits per heavy atom. The van der Waals surface area contributed by atoms with Crippen molar-refractivity contribution in [2.45, 2.75) is 32.2 Å². The molecule has 2 heterocycles. The van der Waals surface area contributed by atoms with Crippen molar-refractivity contribution in [3.63, 3.8) is 0 Å². The van der Waals surface area contributed by atoms with Gasteiger partial charge in [0.25, 0.3) is 0 Å². The summed E-state index contributed by atoms with van der Waals surface area (Å²) in [6.45, 7) is 0.251. The summed E-state index contributed by atoms with van der Waals surface area (Å²) in [6.07, 6.45) is 7.78. The summed E-state index contributed by atoms with van der Waals surface area (Å²) < 4.78 is 1.95. The maximum atomic E-state index is 12.5. The molecule has 6 nitrogen and oxygen atoms in total. The third-order valence-corrected chi connectivity index (χ3v) is 4.73. The third-order valence-electron chi connectivity index (χ3n) is 4.48. The van der Waals surface area contributed by atoms with Crippen molar-refractivity contribution in [2.24, 2.45) is 0 Å². The van der Waals surface area contributed by atoms with E-state index in [0.29, 0.717) is 10.8 Å². The van der Waals surface area contributed by atoms with Crippen LogP contribution < -0.4 is 5.32 Å². The Morgan fingerprint density at radius 3 is 2.88 bits per heavy atom. The van der Waals surface area contributed by atoms with Crippen molar-refractivity contribution in [2.75, 3.05) is 5.32 Å². The second-order valence-corrected chi connectivity index (χ2v) is 6.62. The first-order valence-corrected chi connectivity index (χ1v) is 8.70. The molecular weight excluding hydrogens is 338 g/mol. The SMILES string of the molecule is O=C(Cn1cnc2c1CCCC2)Nc1[nH]ncc1-c1ccc(Cl)cc1. The fourth-order valence-electron chi connectivity index (χ4n) is 3.23. The second kappa shape index (κ2) is 6.72. The van der Waals surface area contributed by atoms with Gasteiger partial charge in [0.2, 0.25) is 5.91 Å². The lowest BCUT2D eigenvalue weighted by Gasteiger charge is -2.14. The van der Waals surface area contributed by atoms with Crippen LogP contribution in [-0.2, 0) is 24.2 Å². The number of imidazole rings is 1. The molecular formula is C18H18ClN5O. The standard InChI is InChI=1S/C18H18ClN5O/c19-13-7-5-12(6-8-13)14-9-21-23-18(14)22-17(25)10-24-11-20-15-3-1-2-4-16(15)24/h5-9,11H,1-4,10H2,(H2,21,22,23,25). The van der Waals surface area contributed by atoms with Crippen molar-refractivity contribution in [1.82, 2.24) is 19.7 Å². The highest BCUT2D eigenvalue weighted by atomic mass is 35.5. The van der Waals surface area contributed by atoms with E-state index in [1.807, 2.05) is 28.8 Å². The minimum absolute atomic E-state index is 0.106. The molecule has 7 heteroatoms. The molecule has 0 bridgehead atoms. The van der Waals surface area contributed by atoms with Gasteiger partial charge in [-0.2, -0.15) is 5.10 Å². The number of hydrogen-bond donors (Lipinski definition) is 2. The van der Waals surface area contributed by atoms with Crippen LogP contribution in [0.3, 0.4) is 0 Å². The number of carbonyl (C=O) groups is 1. The van der Waals surface area contributed by atoms with E-state index in [4.69, 9.17) is 11.6 Å². The quantitative estimate of drug-likeness (QED) is 0.752. The highest BCUT2D eigenvalue weighted by Gasteiger charge is 2.17. The number of aryl methyl sites for hydroxylation is 1. The fourth-order valence-corrected chi connectivity index (χ4v) is 3.36. The largest absolute Gasteiger partial charge is 0.325 e. The molecule has 2 aromatic heterocycles. The number of nitrogens with zero attached hydrogens (tertiary/aromatic N) is 3. The predicted molar refractivity (Wildman–Crippen MR) is 96.5 cm³/mol. The van der Waals surface area contributed by atoms with Gasteiger partial charge in [-0.1, -0.05) is 23.7 Å². The van der Waals surface area contributed by atoms with Crippen LogP contribution in [-0.4, -0.2) is 25.7 Å².